The summed E-state index contributed by atoms with van der Waals surface area (Å²) in [5, 5.41) is 4.33. The molecule has 0 aliphatic rings. The largest absolute Gasteiger partial charge is 0.542 e. The van der Waals surface area contributed by atoms with Crippen LogP contribution in [0.2, 0.25) is 0 Å². The number of hydrogen-bond donors (Lipinski definition) is 0. The summed E-state index contributed by atoms with van der Waals surface area (Å²) >= 11 is 0. The summed E-state index contributed by atoms with van der Waals surface area (Å²) in [6.07, 6.45) is 3.45. The zero-order chi connectivity index (χ0) is 14.0. The lowest BCUT2D eigenvalue weighted by Crippen LogP contribution is -2.22. The van der Waals surface area contributed by atoms with Gasteiger partial charge in [0.15, 0.2) is 0 Å². The minimum Gasteiger partial charge on any atom is -0.432 e. The average Bonchev–Trinajstić information content (AvgIpc) is 2.27. The summed E-state index contributed by atoms with van der Waals surface area (Å²) in [4.78, 5) is 20.3. The number of carbonyl (C=O) groups excluding carboxylic acids is 1. The van der Waals surface area contributed by atoms with Crippen molar-refractivity contribution < 1.29 is 24.3 Å². The molecule has 5 nitrogen and oxygen atoms in total. The quantitative estimate of drug-likeness (QED) is 0.375. The summed E-state index contributed by atoms with van der Waals surface area (Å²) < 4.78 is 4.94. The minimum atomic E-state index is -0.866. The topological polar surface area (TPSA) is 54.0 Å². The highest BCUT2D eigenvalue weighted by atomic mass is 17.5. The van der Waals surface area contributed by atoms with Gasteiger partial charge in [-0.15, -0.1) is 0 Å². The Balaban J connectivity index is 3.68. The van der Waals surface area contributed by atoms with E-state index in [0.717, 1.165) is 25.7 Å². The maximum Gasteiger partial charge on any atom is 0.542 e. The van der Waals surface area contributed by atoms with Crippen molar-refractivity contribution in [3.63, 3.8) is 0 Å². The second-order valence-electron chi connectivity index (χ2n) is 5.32. The van der Waals surface area contributed by atoms with E-state index >= 15 is 0 Å². The molecule has 18 heavy (non-hydrogen) atoms. The van der Waals surface area contributed by atoms with Crippen molar-refractivity contribution in [2.24, 2.45) is 5.92 Å². The fourth-order valence-corrected chi connectivity index (χ4v) is 1.25. The summed E-state index contributed by atoms with van der Waals surface area (Å²) in [6, 6.07) is 0. The Bertz CT molecular complexity index is 222. The van der Waals surface area contributed by atoms with Crippen LogP contribution in [0.5, 0.6) is 0 Å². The van der Waals surface area contributed by atoms with Gasteiger partial charge in [0.1, 0.15) is 0 Å². The first-order chi connectivity index (χ1) is 8.39. The van der Waals surface area contributed by atoms with Gasteiger partial charge in [-0.05, 0) is 38.1 Å². The van der Waals surface area contributed by atoms with Gasteiger partial charge in [0.05, 0.1) is 12.2 Å². The van der Waals surface area contributed by atoms with Gasteiger partial charge in [-0.2, -0.15) is 4.89 Å². The highest BCUT2D eigenvalue weighted by Crippen LogP contribution is 2.13. The van der Waals surface area contributed by atoms with E-state index in [2.05, 4.69) is 23.8 Å². The molecule has 0 spiro atoms. The zero-order valence-corrected chi connectivity index (χ0v) is 12.2. The van der Waals surface area contributed by atoms with Crippen molar-refractivity contribution in [1.82, 2.24) is 0 Å². The first-order valence-corrected chi connectivity index (χ1v) is 6.58. The van der Waals surface area contributed by atoms with Gasteiger partial charge in [-0.3, -0.25) is 0 Å². The predicted octanol–water partition coefficient (Wildman–Crippen LogP) is 4.02. The van der Waals surface area contributed by atoms with Gasteiger partial charge >= 0.3 is 6.16 Å². The number of rotatable bonds is 8. The minimum absolute atomic E-state index is 0.355. The summed E-state index contributed by atoms with van der Waals surface area (Å²) in [5.41, 5.74) is -0.534. The Morgan fingerprint density at radius 2 is 1.89 bits per heavy atom. The van der Waals surface area contributed by atoms with Crippen LogP contribution in [0.25, 0.3) is 0 Å². The van der Waals surface area contributed by atoms with E-state index in [1.807, 2.05) is 0 Å². The Morgan fingerprint density at radius 1 is 1.22 bits per heavy atom. The molecule has 5 heteroatoms. The highest BCUT2D eigenvalue weighted by molar-refractivity contribution is 5.58. The van der Waals surface area contributed by atoms with E-state index in [4.69, 9.17) is 9.62 Å². The molecule has 0 unspecified atom stereocenters. The van der Waals surface area contributed by atoms with Crippen LogP contribution in [0.3, 0.4) is 0 Å². The molecule has 0 aliphatic carbocycles. The van der Waals surface area contributed by atoms with Gasteiger partial charge in [0.25, 0.3) is 0 Å². The molecule has 0 N–H and O–H groups in total. The Labute approximate surface area is 110 Å². The van der Waals surface area contributed by atoms with Gasteiger partial charge < -0.3 is 4.74 Å². The molecule has 0 heterocycles. The molecule has 0 saturated heterocycles. The van der Waals surface area contributed by atoms with E-state index < -0.39 is 11.8 Å². The lowest BCUT2D eigenvalue weighted by Gasteiger charge is -2.16. The maximum atomic E-state index is 11.2. The fraction of sp³-hybridized carbons (Fsp3) is 0.923. The molecule has 0 rings (SSSR count). The molecule has 0 amide bonds. The fourth-order valence-electron chi connectivity index (χ4n) is 1.25. The molecule has 0 saturated carbocycles. The number of carbonyl (C=O) groups is 1. The smallest absolute Gasteiger partial charge is 0.432 e. The molecular weight excluding hydrogens is 236 g/mol. The first kappa shape index (κ1) is 17.2. The maximum absolute atomic E-state index is 11.2. The second kappa shape index (κ2) is 9.16. The van der Waals surface area contributed by atoms with Crippen LogP contribution < -0.4 is 0 Å². The third-order valence-corrected chi connectivity index (χ3v) is 2.37. The van der Waals surface area contributed by atoms with Crippen molar-refractivity contribution in [2.75, 3.05) is 6.61 Å². The van der Waals surface area contributed by atoms with Crippen molar-refractivity contribution in [3.05, 3.63) is 0 Å². The molecule has 0 aromatic rings. The van der Waals surface area contributed by atoms with Crippen molar-refractivity contribution >= 4 is 6.16 Å². The van der Waals surface area contributed by atoms with E-state index in [1.54, 1.807) is 20.8 Å². The first-order valence-electron chi connectivity index (χ1n) is 6.58. The van der Waals surface area contributed by atoms with E-state index in [1.165, 1.54) is 0 Å². The molecule has 1 atom stereocenters. The number of ether oxygens (including phenoxy) is 1. The number of hydrogen-bond acceptors (Lipinski definition) is 5. The highest BCUT2D eigenvalue weighted by Gasteiger charge is 2.16. The second-order valence-corrected chi connectivity index (χ2v) is 5.32. The van der Waals surface area contributed by atoms with E-state index in [0.29, 0.717) is 12.5 Å². The third kappa shape index (κ3) is 10.4. The lowest BCUT2D eigenvalue weighted by atomic mass is 10.0. The van der Waals surface area contributed by atoms with Crippen molar-refractivity contribution in [1.29, 1.82) is 0 Å². The SMILES string of the molecule is CCCC[C@@H](CC)COC(=O)OOOC(C)(C)C. The van der Waals surface area contributed by atoms with Crippen LogP contribution >= 0.6 is 0 Å². The Morgan fingerprint density at radius 3 is 2.39 bits per heavy atom. The van der Waals surface area contributed by atoms with Crippen LogP contribution in [0.4, 0.5) is 4.79 Å². The normalized spacial score (nSPS) is 13.2. The van der Waals surface area contributed by atoms with E-state index in [9.17, 15) is 4.79 Å². The van der Waals surface area contributed by atoms with Crippen LogP contribution in [0.1, 0.15) is 60.3 Å². The molecule has 0 bridgehead atoms. The van der Waals surface area contributed by atoms with Crippen LogP contribution in [0, 0.1) is 5.92 Å². The third-order valence-electron chi connectivity index (χ3n) is 2.37. The van der Waals surface area contributed by atoms with Crippen molar-refractivity contribution in [2.45, 2.75) is 65.9 Å². The molecule has 0 aliphatic heterocycles. The average molecular weight is 262 g/mol. The number of unbranched alkanes of at least 4 members (excludes halogenated alkanes) is 1. The van der Waals surface area contributed by atoms with Gasteiger partial charge in [-0.25, -0.2) is 9.68 Å². The van der Waals surface area contributed by atoms with E-state index in [-0.39, 0.29) is 0 Å². The molecule has 0 fully saturated rings. The van der Waals surface area contributed by atoms with Gasteiger partial charge in [0, 0.05) is 0 Å². The lowest BCUT2D eigenvalue weighted by molar-refractivity contribution is -0.514. The predicted molar refractivity (Wildman–Crippen MR) is 67.7 cm³/mol. The van der Waals surface area contributed by atoms with Crippen LogP contribution in [-0.2, 0) is 19.6 Å². The standard InChI is InChI=1S/C13H26O5/c1-6-8-9-11(7-2)10-15-12(14)16-18-17-13(3,4)5/h11H,6-10H2,1-5H3/t11-/m1/s1. The molecule has 0 radical (unpaired) electrons. The monoisotopic (exact) mass is 262 g/mol. The zero-order valence-electron chi connectivity index (χ0n) is 12.2. The summed E-state index contributed by atoms with van der Waals surface area (Å²) in [5.74, 6) is 0.376. The van der Waals surface area contributed by atoms with Crippen LogP contribution in [-0.4, -0.2) is 18.4 Å². The Kier molecular flexibility index (Phi) is 8.75. The molecule has 108 valence electrons. The summed E-state index contributed by atoms with van der Waals surface area (Å²) in [7, 11) is 0. The van der Waals surface area contributed by atoms with Crippen LogP contribution in [0.15, 0.2) is 0 Å². The molecule has 0 aromatic carbocycles. The van der Waals surface area contributed by atoms with Gasteiger partial charge in [-0.1, -0.05) is 33.1 Å². The van der Waals surface area contributed by atoms with Crippen molar-refractivity contribution in [3.8, 4) is 0 Å². The molecular formula is C13H26O5. The Hall–Kier alpha value is -0.810. The molecule has 0 aromatic heterocycles. The summed E-state index contributed by atoms with van der Waals surface area (Å²) in [6.45, 7) is 9.90. The van der Waals surface area contributed by atoms with Gasteiger partial charge in [0.2, 0.25) is 0 Å².